The second-order valence-corrected chi connectivity index (χ2v) is 3.05. The molecule has 0 saturated heterocycles. The number of aliphatic hydroxyl groups is 1. The van der Waals surface area contributed by atoms with Crippen LogP contribution in [0, 0.1) is 0 Å². The van der Waals surface area contributed by atoms with Gasteiger partial charge in [0, 0.05) is 19.3 Å². The van der Waals surface area contributed by atoms with Crippen LogP contribution in [0.2, 0.25) is 0 Å². The first-order valence-electron chi connectivity index (χ1n) is 4.57. The van der Waals surface area contributed by atoms with Gasteiger partial charge < -0.3 is 14.6 Å². The van der Waals surface area contributed by atoms with Crippen LogP contribution in [0.25, 0.3) is 0 Å². The van der Waals surface area contributed by atoms with Crippen molar-refractivity contribution in [2.75, 3.05) is 20.8 Å². The lowest BCUT2D eigenvalue weighted by atomic mass is 10.1. The zero-order valence-electron chi connectivity index (χ0n) is 8.62. The molecule has 1 N–H and O–H groups in total. The van der Waals surface area contributed by atoms with Gasteiger partial charge in [-0.1, -0.05) is 12.1 Å². The quantitative estimate of drug-likeness (QED) is 0.773. The van der Waals surface area contributed by atoms with Crippen molar-refractivity contribution in [3.63, 3.8) is 0 Å². The van der Waals surface area contributed by atoms with Gasteiger partial charge in [-0.25, -0.2) is 0 Å². The highest BCUT2D eigenvalue weighted by Gasteiger charge is 2.03. The van der Waals surface area contributed by atoms with E-state index in [9.17, 15) is 0 Å². The lowest BCUT2D eigenvalue weighted by Crippen LogP contribution is -1.97. The Bertz CT molecular complexity index is 284. The van der Waals surface area contributed by atoms with Crippen LogP contribution < -0.4 is 4.74 Å². The fourth-order valence-corrected chi connectivity index (χ4v) is 1.35. The summed E-state index contributed by atoms with van der Waals surface area (Å²) in [7, 11) is 3.29. The molecule has 0 amide bonds. The average Bonchev–Trinajstić information content (AvgIpc) is 2.21. The van der Waals surface area contributed by atoms with Crippen LogP contribution in [0.5, 0.6) is 5.75 Å². The third kappa shape index (κ3) is 2.72. The smallest absolute Gasteiger partial charge is 0.124 e. The molecule has 0 aliphatic carbocycles. The van der Waals surface area contributed by atoms with Crippen molar-refractivity contribution < 1.29 is 14.6 Å². The van der Waals surface area contributed by atoms with Gasteiger partial charge >= 0.3 is 0 Å². The summed E-state index contributed by atoms with van der Waals surface area (Å²) in [5.74, 6) is 0.817. The summed E-state index contributed by atoms with van der Waals surface area (Å²) in [5.41, 5.74) is 2.10. The van der Waals surface area contributed by atoms with Crippen molar-refractivity contribution in [3.8, 4) is 5.75 Å². The maximum Gasteiger partial charge on any atom is 0.124 e. The molecule has 0 radical (unpaired) electrons. The Morgan fingerprint density at radius 2 is 2.07 bits per heavy atom. The fourth-order valence-electron chi connectivity index (χ4n) is 1.35. The largest absolute Gasteiger partial charge is 0.496 e. The molecule has 3 heteroatoms. The van der Waals surface area contributed by atoms with Crippen molar-refractivity contribution in [1.82, 2.24) is 0 Å². The first kappa shape index (κ1) is 11.0. The molecule has 0 saturated carbocycles. The van der Waals surface area contributed by atoms with Crippen LogP contribution in [0.4, 0.5) is 0 Å². The Morgan fingerprint density at radius 1 is 1.29 bits per heavy atom. The first-order valence-corrected chi connectivity index (χ1v) is 4.57. The predicted molar refractivity (Wildman–Crippen MR) is 54.5 cm³/mol. The Labute approximate surface area is 84.3 Å². The van der Waals surface area contributed by atoms with Gasteiger partial charge in [-0.15, -0.1) is 0 Å². The van der Waals surface area contributed by atoms with E-state index in [0.717, 1.165) is 16.9 Å². The molecule has 1 aromatic rings. The number of hydrogen-bond acceptors (Lipinski definition) is 3. The molecule has 0 aliphatic rings. The fraction of sp³-hybridized carbons (Fsp3) is 0.455. The van der Waals surface area contributed by atoms with Crippen LogP contribution in [0.1, 0.15) is 11.1 Å². The zero-order valence-corrected chi connectivity index (χ0v) is 8.62. The minimum atomic E-state index is 0.160. The second kappa shape index (κ2) is 5.62. The standard InChI is InChI=1S/C11H16O3/c1-13-8-10-4-3-9(5-6-12)7-11(10)14-2/h3-4,7,12H,5-6,8H2,1-2H3. The number of benzene rings is 1. The van der Waals surface area contributed by atoms with E-state index in [1.165, 1.54) is 0 Å². The van der Waals surface area contributed by atoms with E-state index in [-0.39, 0.29) is 6.61 Å². The second-order valence-electron chi connectivity index (χ2n) is 3.05. The normalized spacial score (nSPS) is 10.2. The minimum absolute atomic E-state index is 0.160. The predicted octanol–water partition coefficient (Wildman–Crippen LogP) is 1.38. The lowest BCUT2D eigenvalue weighted by molar-refractivity contribution is 0.181. The maximum atomic E-state index is 8.79. The lowest BCUT2D eigenvalue weighted by Gasteiger charge is -2.09. The summed E-state index contributed by atoms with van der Waals surface area (Å²) in [6, 6.07) is 5.88. The molecule has 1 aromatic carbocycles. The Balaban J connectivity index is 2.87. The van der Waals surface area contributed by atoms with E-state index in [1.54, 1.807) is 14.2 Å². The molecule has 78 valence electrons. The Kier molecular flexibility index (Phi) is 4.43. The molecule has 14 heavy (non-hydrogen) atoms. The number of rotatable bonds is 5. The van der Waals surface area contributed by atoms with Gasteiger partial charge in [0.1, 0.15) is 5.75 Å². The molecule has 0 bridgehead atoms. The SMILES string of the molecule is COCc1ccc(CCO)cc1OC. The first-order chi connectivity index (χ1) is 6.81. The van der Waals surface area contributed by atoms with E-state index in [2.05, 4.69) is 0 Å². The molecule has 0 aliphatic heterocycles. The average molecular weight is 196 g/mol. The summed E-state index contributed by atoms with van der Waals surface area (Å²) >= 11 is 0. The molecule has 1 rings (SSSR count). The summed E-state index contributed by atoms with van der Waals surface area (Å²) in [6.45, 7) is 0.704. The molecule has 3 nitrogen and oxygen atoms in total. The highest BCUT2D eigenvalue weighted by atomic mass is 16.5. The molecule has 0 aromatic heterocycles. The molecule has 0 fully saturated rings. The number of methoxy groups -OCH3 is 2. The van der Waals surface area contributed by atoms with Crippen LogP contribution in [0.15, 0.2) is 18.2 Å². The van der Waals surface area contributed by atoms with Crippen molar-refractivity contribution >= 4 is 0 Å². The highest BCUT2D eigenvalue weighted by molar-refractivity contribution is 5.37. The van der Waals surface area contributed by atoms with E-state index in [0.29, 0.717) is 13.0 Å². The maximum absolute atomic E-state index is 8.79. The van der Waals surface area contributed by atoms with Crippen molar-refractivity contribution in [2.45, 2.75) is 13.0 Å². The highest BCUT2D eigenvalue weighted by Crippen LogP contribution is 2.21. The number of aliphatic hydroxyl groups excluding tert-OH is 1. The third-order valence-corrected chi connectivity index (χ3v) is 2.05. The van der Waals surface area contributed by atoms with E-state index < -0.39 is 0 Å². The summed E-state index contributed by atoms with van der Waals surface area (Å²) in [6.07, 6.45) is 0.656. The van der Waals surface area contributed by atoms with Gasteiger partial charge in [0.15, 0.2) is 0 Å². The third-order valence-electron chi connectivity index (χ3n) is 2.05. The number of ether oxygens (including phenoxy) is 2. The zero-order chi connectivity index (χ0) is 10.4. The molecule has 0 atom stereocenters. The van der Waals surface area contributed by atoms with E-state index in [4.69, 9.17) is 14.6 Å². The van der Waals surface area contributed by atoms with Crippen molar-refractivity contribution in [2.24, 2.45) is 0 Å². The molecular formula is C11H16O3. The summed E-state index contributed by atoms with van der Waals surface area (Å²) in [4.78, 5) is 0. The van der Waals surface area contributed by atoms with Gasteiger partial charge in [-0.05, 0) is 18.1 Å². The van der Waals surface area contributed by atoms with Gasteiger partial charge in [-0.2, -0.15) is 0 Å². The van der Waals surface area contributed by atoms with Crippen LogP contribution in [0.3, 0.4) is 0 Å². The number of hydrogen-bond donors (Lipinski definition) is 1. The Morgan fingerprint density at radius 3 is 2.64 bits per heavy atom. The van der Waals surface area contributed by atoms with E-state index in [1.807, 2.05) is 18.2 Å². The van der Waals surface area contributed by atoms with Gasteiger partial charge in [0.25, 0.3) is 0 Å². The minimum Gasteiger partial charge on any atom is -0.496 e. The molecule has 0 heterocycles. The Hall–Kier alpha value is -1.06. The van der Waals surface area contributed by atoms with Crippen LogP contribution in [-0.4, -0.2) is 25.9 Å². The molecular weight excluding hydrogens is 180 g/mol. The summed E-state index contributed by atoms with van der Waals surface area (Å²) in [5, 5.41) is 8.79. The molecule has 0 spiro atoms. The van der Waals surface area contributed by atoms with Crippen LogP contribution in [-0.2, 0) is 17.8 Å². The summed E-state index contributed by atoms with van der Waals surface area (Å²) < 4.78 is 10.3. The van der Waals surface area contributed by atoms with Crippen LogP contribution >= 0.6 is 0 Å². The topological polar surface area (TPSA) is 38.7 Å². The van der Waals surface area contributed by atoms with E-state index >= 15 is 0 Å². The monoisotopic (exact) mass is 196 g/mol. The van der Waals surface area contributed by atoms with Crippen molar-refractivity contribution in [1.29, 1.82) is 0 Å². The van der Waals surface area contributed by atoms with Gasteiger partial charge in [-0.3, -0.25) is 0 Å². The van der Waals surface area contributed by atoms with Crippen molar-refractivity contribution in [3.05, 3.63) is 29.3 Å². The van der Waals surface area contributed by atoms with Gasteiger partial charge in [0.05, 0.1) is 13.7 Å². The van der Waals surface area contributed by atoms with Gasteiger partial charge in [0.2, 0.25) is 0 Å². The molecule has 0 unspecified atom stereocenters.